The minimum atomic E-state index is -0.307. The van der Waals surface area contributed by atoms with E-state index >= 15 is 0 Å². The van der Waals surface area contributed by atoms with Crippen molar-refractivity contribution in [3.8, 4) is 0 Å². The lowest BCUT2D eigenvalue weighted by molar-refractivity contribution is -0.114. The van der Waals surface area contributed by atoms with Crippen LogP contribution in [0.2, 0.25) is 0 Å². The molecule has 0 saturated heterocycles. The number of halogens is 1. The van der Waals surface area contributed by atoms with Crippen molar-refractivity contribution in [1.29, 1.82) is 0 Å². The van der Waals surface area contributed by atoms with Crippen LogP contribution in [0.3, 0.4) is 0 Å². The van der Waals surface area contributed by atoms with Gasteiger partial charge in [0.2, 0.25) is 5.24 Å². The van der Waals surface area contributed by atoms with Crippen LogP contribution >= 0.6 is 24.2 Å². The van der Waals surface area contributed by atoms with E-state index in [1.165, 1.54) is 0 Å². The van der Waals surface area contributed by atoms with Gasteiger partial charge in [-0.2, -0.15) is 12.6 Å². The van der Waals surface area contributed by atoms with Gasteiger partial charge in [-0.3, -0.25) is 4.79 Å². The van der Waals surface area contributed by atoms with E-state index in [1.807, 2.05) is 30.3 Å². The van der Waals surface area contributed by atoms with Crippen LogP contribution in [0.15, 0.2) is 30.3 Å². The summed E-state index contributed by atoms with van der Waals surface area (Å²) < 4.78 is 0. The molecule has 0 unspecified atom stereocenters. The zero-order valence-electron chi connectivity index (χ0n) is 7.11. The van der Waals surface area contributed by atoms with Gasteiger partial charge in [-0.1, -0.05) is 30.3 Å². The van der Waals surface area contributed by atoms with Crippen LogP contribution in [0, 0.1) is 5.92 Å². The lowest BCUT2D eigenvalue weighted by atomic mass is 10.0. The average molecular weight is 215 g/mol. The fourth-order valence-corrected chi connectivity index (χ4v) is 1.67. The van der Waals surface area contributed by atoms with E-state index in [0.717, 1.165) is 5.56 Å². The molecule has 0 aromatic heterocycles. The van der Waals surface area contributed by atoms with E-state index in [-0.39, 0.29) is 11.2 Å². The van der Waals surface area contributed by atoms with Crippen LogP contribution in [0.25, 0.3) is 0 Å². The molecular formula is C10H11ClOS. The predicted octanol–water partition coefficient (Wildman–Crippen LogP) is 2.54. The SMILES string of the molecule is O=C(Cl)[C@H](CS)Cc1ccccc1. The first-order chi connectivity index (χ1) is 6.24. The fourth-order valence-electron chi connectivity index (χ4n) is 1.12. The number of thiol groups is 1. The minimum absolute atomic E-state index is 0.174. The lowest BCUT2D eigenvalue weighted by Crippen LogP contribution is -2.13. The highest BCUT2D eigenvalue weighted by molar-refractivity contribution is 7.80. The topological polar surface area (TPSA) is 17.1 Å². The zero-order chi connectivity index (χ0) is 9.68. The molecule has 3 heteroatoms. The molecule has 1 nitrogen and oxygen atoms in total. The van der Waals surface area contributed by atoms with Crippen molar-refractivity contribution in [3.05, 3.63) is 35.9 Å². The highest BCUT2D eigenvalue weighted by Gasteiger charge is 2.14. The summed E-state index contributed by atoms with van der Waals surface area (Å²) in [6.45, 7) is 0. The standard InChI is InChI=1S/C10H11ClOS/c11-10(12)9(7-13)6-8-4-2-1-3-5-8/h1-5,9,13H,6-7H2/t9-/m0/s1. The molecule has 1 aromatic rings. The van der Waals surface area contributed by atoms with Gasteiger partial charge in [0.15, 0.2) is 0 Å². The van der Waals surface area contributed by atoms with Gasteiger partial charge in [-0.15, -0.1) is 0 Å². The summed E-state index contributed by atoms with van der Waals surface area (Å²) in [4.78, 5) is 10.9. The Balaban J connectivity index is 2.62. The Bertz CT molecular complexity index is 274. The smallest absolute Gasteiger partial charge is 0.225 e. The van der Waals surface area contributed by atoms with Gasteiger partial charge >= 0.3 is 0 Å². The quantitative estimate of drug-likeness (QED) is 0.602. The summed E-state index contributed by atoms with van der Waals surface area (Å²) in [6.07, 6.45) is 0.673. The van der Waals surface area contributed by atoms with E-state index < -0.39 is 0 Å². The molecule has 0 heterocycles. The molecule has 13 heavy (non-hydrogen) atoms. The Morgan fingerprint density at radius 2 is 2.00 bits per heavy atom. The van der Waals surface area contributed by atoms with Crippen LogP contribution in [0.4, 0.5) is 0 Å². The van der Waals surface area contributed by atoms with Crippen molar-refractivity contribution in [2.24, 2.45) is 5.92 Å². The van der Waals surface area contributed by atoms with Gasteiger partial charge in [0.25, 0.3) is 0 Å². The summed E-state index contributed by atoms with van der Waals surface area (Å²) in [5, 5.41) is -0.307. The Hall–Kier alpha value is -0.470. The third-order valence-electron chi connectivity index (χ3n) is 1.87. The van der Waals surface area contributed by atoms with Crippen molar-refractivity contribution in [1.82, 2.24) is 0 Å². The monoisotopic (exact) mass is 214 g/mol. The molecule has 0 amide bonds. The molecule has 0 radical (unpaired) electrons. The second kappa shape index (κ2) is 5.30. The number of benzene rings is 1. The first-order valence-corrected chi connectivity index (χ1v) is 5.09. The fraction of sp³-hybridized carbons (Fsp3) is 0.300. The van der Waals surface area contributed by atoms with Crippen LogP contribution in [0.1, 0.15) is 5.56 Å². The van der Waals surface area contributed by atoms with E-state index in [2.05, 4.69) is 12.6 Å². The van der Waals surface area contributed by atoms with Gasteiger partial charge in [-0.25, -0.2) is 0 Å². The van der Waals surface area contributed by atoms with E-state index in [4.69, 9.17) is 11.6 Å². The van der Waals surface area contributed by atoms with Gasteiger partial charge in [0, 0.05) is 11.7 Å². The van der Waals surface area contributed by atoms with E-state index in [1.54, 1.807) is 0 Å². The number of hydrogen-bond acceptors (Lipinski definition) is 2. The maximum absolute atomic E-state index is 10.9. The highest BCUT2D eigenvalue weighted by Crippen LogP contribution is 2.12. The molecule has 1 atom stereocenters. The van der Waals surface area contributed by atoms with Crippen molar-refractivity contribution >= 4 is 29.5 Å². The molecule has 0 fully saturated rings. The minimum Gasteiger partial charge on any atom is -0.281 e. The third-order valence-corrected chi connectivity index (χ3v) is 2.62. The van der Waals surface area contributed by atoms with Crippen LogP contribution in [-0.2, 0) is 11.2 Å². The first kappa shape index (κ1) is 10.6. The normalized spacial score (nSPS) is 12.5. The molecule has 0 aliphatic carbocycles. The van der Waals surface area contributed by atoms with Crippen molar-refractivity contribution in [3.63, 3.8) is 0 Å². The first-order valence-electron chi connectivity index (χ1n) is 4.08. The third kappa shape index (κ3) is 3.41. The summed E-state index contributed by atoms with van der Waals surface area (Å²) in [7, 11) is 0. The molecule has 70 valence electrons. The van der Waals surface area contributed by atoms with Gasteiger partial charge in [0.1, 0.15) is 0 Å². The predicted molar refractivity (Wildman–Crippen MR) is 58.3 cm³/mol. The molecule has 1 aromatic carbocycles. The zero-order valence-corrected chi connectivity index (χ0v) is 8.76. The summed E-state index contributed by atoms with van der Waals surface area (Å²) in [5.74, 6) is 0.324. The lowest BCUT2D eigenvalue weighted by Gasteiger charge is -2.08. The maximum Gasteiger partial charge on any atom is 0.225 e. The molecule has 0 spiro atoms. The maximum atomic E-state index is 10.9. The molecule has 0 aliphatic rings. The Morgan fingerprint density at radius 3 is 2.46 bits per heavy atom. The molecule has 0 N–H and O–H groups in total. The van der Waals surface area contributed by atoms with Gasteiger partial charge in [0.05, 0.1) is 0 Å². The van der Waals surface area contributed by atoms with Crippen LogP contribution < -0.4 is 0 Å². The van der Waals surface area contributed by atoms with Crippen molar-refractivity contribution in [2.45, 2.75) is 6.42 Å². The van der Waals surface area contributed by atoms with Crippen LogP contribution in [-0.4, -0.2) is 11.0 Å². The molecule has 0 aliphatic heterocycles. The second-order valence-electron chi connectivity index (χ2n) is 2.87. The highest BCUT2D eigenvalue weighted by atomic mass is 35.5. The molecule has 1 rings (SSSR count). The van der Waals surface area contributed by atoms with Crippen molar-refractivity contribution < 1.29 is 4.79 Å². The van der Waals surface area contributed by atoms with Gasteiger partial charge in [-0.05, 0) is 23.6 Å². The van der Waals surface area contributed by atoms with E-state index in [9.17, 15) is 4.79 Å². The molecular weight excluding hydrogens is 204 g/mol. The Morgan fingerprint density at radius 1 is 1.38 bits per heavy atom. The second-order valence-corrected chi connectivity index (χ2v) is 3.61. The van der Waals surface area contributed by atoms with Gasteiger partial charge < -0.3 is 0 Å². The summed E-state index contributed by atoms with van der Waals surface area (Å²) in [5.41, 5.74) is 1.12. The number of carbonyl (C=O) groups is 1. The number of carbonyl (C=O) groups excluding carboxylic acids is 1. The van der Waals surface area contributed by atoms with E-state index in [0.29, 0.717) is 12.2 Å². The summed E-state index contributed by atoms with van der Waals surface area (Å²) in [6, 6.07) is 9.81. The number of hydrogen-bond donors (Lipinski definition) is 1. The Labute approximate surface area is 88.5 Å². The molecule has 0 saturated carbocycles. The number of rotatable bonds is 4. The average Bonchev–Trinajstić information content (AvgIpc) is 2.15. The van der Waals surface area contributed by atoms with Crippen molar-refractivity contribution in [2.75, 3.05) is 5.75 Å². The summed E-state index contributed by atoms with van der Waals surface area (Å²) >= 11 is 9.49. The molecule has 0 bridgehead atoms. The largest absolute Gasteiger partial charge is 0.281 e. The Kier molecular flexibility index (Phi) is 4.33. The van der Waals surface area contributed by atoms with Crippen LogP contribution in [0.5, 0.6) is 0 Å².